The second-order valence-electron chi connectivity index (χ2n) is 6.88. The highest BCUT2D eigenvalue weighted by Gasteiger charge is 2.32. The summed E-state index contributed by atoms with van der Waals surface area (Å²) in [7, 11) is 3.54. The van der Waals surface area contributed by atoms with Crippen molar-refractivity contribution in [3.8, 4) is 0 Å². The Kier molecular flexibility index (Phi) is 3.53. The Labute approximate surface area is 146 Å². The van der Waals surface area contributed by atoms with E-state index in [0.29, 0.717) is 0 Å². The van der Waals surface area contributed by atoms with Gasteiger partial charge in [0.2, 0.25) is 0 Å². The van der Waals surface area contributed by atoms with Gasteiger partial charge in [0.1, 0.15) is 0 Å². The maximum absolute atomic E-state index is 12.6. The van der Waals surface area contributed by atoms with E-state index in [0.717, 1.165) is 64.2 Å². The maximum atomic E-state index is 12.6. The van der Waals surface area contributed by atoms with Gasteiger partial charge < -0.3 is 15.2 Å². The van der Waals surface area contributed by atoms with Crippen LogP contribution in [-0.4, -0.2) is 35.8 Å². The molecule has 0 fully saturated rings. The van der Waals surface area contributed by atoms with Gasteiger partial charge in [0.25, 0.3) is 11.8 Å². The second-order valence-corrected chi connectivity index (χ2v) is 6.88. The lowest BCUT2D eigenvalue weighted by Gasteiger charge is -2.19. The highest BCUT2D eigenvalue weighted by atomic mass is 16.2. The zero-order valence-electron chi connectivity index (χ0n) is 14.7. The zero-order chi connectivity index (χ0) is 17.7. The number of aryl methyl sites for hydroxylation is 1. The number of anilines is 1. The van der Waals surface area contributed by atoms with E-state index in [-0.39, 0.29) is 11.8 Å². The van der Waals surface area contributed by atoms with E-state index in [4.69, 9.17) is 0 Å². The Morgan fingerprint density at radius 3 is 2.68 bits per heavy atom. The maximum Gasteiger partial charge on any atom is 0.256 e. The van der Waals surface area contributed by atoms with Crippen LogP contribution in [0.15, 0.2) is 24.3 Å². The number of nitrogens with zero attached hydrogens (tertiary/aromatic N) is 1. The molecule has 0 saturated heterocycles. The molecule has 1 aromatic carbocycles. The Hall–Kier alpha value is -2.82. The Balaban J connectivity index is 1.94. The van der Waals surface area contributed by atoms with Crippen LogP contribution in [0.1, 0.15) is 45.7 Å². The number of amides is 2. The van der Waals surface area contributed by atoms with E-state index in [1.165, 1.54) is 0 Å². The Morgan fingerprint density at radius 1 is 1.16 bits per heavy atom. The van der Waals surface area contributed by atoms with Crippen LogP contribution in [0.25, 0.3) is 11.1 Å². The van der Waals surface area contributed by atoms with Crippen LogP contribution in [-0.2, 0) is 11.2 Å². The lowest BCUT2D eigenvalue weighted by atomic mass is 9.86. The van der Waals surface area contributed by atoms with Gasteiger partial charge in [-0.2, -0.15) is 0 Å². The minimum absolute atomic E-state index is 0.0116. The van der Waals surface area contributed by atoms with Gasteiger partial charge in [-0.1, -0.05) is 18.2 Å². The minimum atomic E-state index is -0.0585. The van der Waals surface area contributed by atoms with Crippen LogP contribution >= 0.6 is 0 Å². The van der Waals surface area contributed by atoms with E-state index < -0.39 is 0 Å². The minimum Gasteiger partial charge on any atom is -0.358 e. The van der Waals surface area contributed by atoms with Crippen LogP contribution < -0.4 is 5.32 Å². The SMILES string of the molecule is Cc1[nH]c2c(c1C(=O)N(C)C)CCC/C2=C1/C(=O)Nc2ccccc21. The fourth-order valence-electron chi connectivity index (χ4n) is 3.93. The molecular weight excluding hydrogens is 314 g/mol. The molecule has 5 heteroatoms. The molecule has 2 heterocycles. The van der Waals surface area contributed by atoms with Gasteiger partial charge in [0.15, 0.2) is 0 Å². The molecule has 0 atom stereocenters. The average molecular weight is 335 g/mol. The third kappa shape index (κ3) is 2.30. The number of para-hydroxylation sites is 1. The van der Waals surface area contributed by atoms with E-state index in [1.54, 1.807) is 19.0 Å². The van der Waals surface area contributed by atoms with Gasteiger partial charge >= 0.3 is 0 Å². The highest BCUT2D eigenvalue weighted by Crippen LogP contribution is 2.42. The first-order chi connectivity index (χ1) is 12.0. The predicted molar refractivity (Wildman–Crippen MR) is 98.4 cm³/mol. The molecule has 1 aliphatic heterocycles. The molecule has 128 valence electrons. The number of rotatable bonds is 1. The van der Waals surface area contributed by atoms with Gasteiger partial charge in [-0.25, -0.2) is 0 Å². The van der Waals surface area contributed by atoms with E-state index >= 15 is 0 Å². The lowest BCUT2D eigenvalue weighted by Crippen LogP contribution is -2.23. The summed E-state index contributed by atoms with van der Waals surface area (Å²) in [5.74, 6) is -0.0469. The van der Waals surface area contributed by atoms with Crippen LogP contribution in [0.5, 0.6) is 0 Å². The number of carbonyl (C=O) groups excluding carboxylic acids is 2. The van der Waals surface area contributed by atoms with E-state index in [1.807, 2.05) is 31.2 Å². The van der Waals surface area contributed by atoms with Gasteiger partial charge in [0.05, 0.1) is 11.1 Å². The summed E-state index contributed by atoms with van der Waals surface area (Å²) in [5.41, 5.74) is 7.18. The summed E-state index contributed by atoms with van der Waals surface area (Å²) in [6, 6.07) is 7.77. The molecule has 2 aromatic rings. The third-order valence-electron chi connectivity index (χ3n) is 5.04. The number of aromatic amines is 1. The van der Waals surface area contributed by atoms with Gasteiger partial charge in [0, 0.05) is 36.7 Å². The summed E-state index contributed by atoms with van der Waals surface area (Å²) in [4.78, 5) is 30.2. The number of hydrogen-bond acceptors (Lipinski definition) is 2. The van der Waals surface area contributed by atoms with Crippen molar-refractivity contribution < 1.29 is 9.59 Å². The van der Waals surface area contributed by atoms with Crippen LogP contribution in [0.3, 0.4) is 0 Å². The van der Waals surface area contributed by atoms with Crippen molar-refractivity contribution in [2.75, 3.05) is 19.4 Å². The van der Waals surface area contributed by atoms with Crippen molar-refractivity contribution in [1.82, 2.24) is 9.88 Å². The van der Waals surface area contributed by atoms with Crippen molar-refractivity contribution in [3.05, 3.63) is 52.3 Å². The zero-order valence-corrected chi connectivity index (χ0v) is 14.7. The predicted octanol–water partition coefficient (Wildman–Crippen LogP) is 3.22. The quantitative estimate of drug-likeness (QED) is 0.786. The average Bonchev–Trinajstić information content (AvgIpc) is 3.09. The van der Waals surface area contributed by atoms with Crippen molar-refractivity contribution in [1.29, 1.82) is 0 Å². The molecule has 0 saturated carbocycles. The Bertz CT molecular complexity index is 934. The third-order valence-corrected chi connectivity index (χ3v) is 5.04. The summed E-state index contributed by atoms with van der Waals surface area (Å²) in [6.45, 7) is 1.93. The molecule has 2 aliphatic rings. The smallest absolute Gasteiger partial charge is 0.256 e. The fraction of sp³-hybridized carbons (Fsp3) is 0.300. The first kappa shape index (κ1) is 15.7. The van der Waals surface area contributed by atoms with Gasteiger partial charge in [-0.3, -0.25) is 9.59 Å². The molecule has 2 amide bonds. The summed E-state index contributed by atoms with van der Waals surface area (Å²) in [6.07, 6.45) is 2.63. The molecule has 4 rings (SSSR count). The first-order valence-corrected chi connectivity index (χ1v) is 8.56. The van der Waals surface area contributed by atoms with Crippen molar-refractivity contribution >= 4 is 28.6 Å². The van der Waals surface area contributed by atoms with Crippen LogP contribution in [0.4, 0.5) is 5.69 Å². The van der Waals surface area contributed by atoms with Gasteiger partial charge in [-0.05, 0) is 43.4 Å². The fourth-order valence-corrected chi connectivity index (χ4v) is 3.93. The molecular formula is C20H21N3O2. The van der Waals surface area contributed by atoms with Crippen LogP contribution in [0, 0.1) is 6.92 Å². The largest absolute Gasteiger partial charge is 0.358 e. The number of nitrogens with one attached hydrogen (secondary N) is 2. The normalized spacial score (nSPS) is 18.6. The van der Waals surface area contributed by atoms with Crippen molar-refractivity contribution in [3.63, 3.8) is 0 Å². The number of allylic oxidation sites excluding steroid dienone is 1. The number of hydrogen-bond donors (Lipinski definition) is 2. The molecule has 0 bridgehead atoms. The van der Waals surface area contributed by atoms with Crippen LogP contribution in [0.2, 0.25) is 0 Å². The summed E-state index contributed by atoms with van der Waals surface area (Å²) >= 11 is 0. The topological polar surface area (TPSA) is 65.2 Å². The molecule has 1 aliphatic carbocycles. The first-order valence-electron chi connectivity index (χ1n) is 8.56. The molecule has 1 aromatic heterocycles. The summed E-state index contributed by atoms with van der Waals surface area (Å²) < 4.78 is 0. The molecule has 0 spiro atoms. The highest BCUT2D eigenvalue weighted by molar-refractivity contribution is 6.36. The molecule has 0 unspecified atom stereocenters. The molecule has 5 nitrogen and oxygen atoms in total. The molecule has 0 radical (unpaired) electrons. The number of benzene rings is 1. The van der Waals surface area contributed by atoms with Gasteiger partial charge in [-0.15, -0.1) is 0 Å². The summed E-state index contributed by atoms with van der Waals surface area (Å²) in [5, 5.41) is 2.95. The standard InChI is InChI=1S/C20H21N3O2/c1-11-16(20(25)23(2)3)13-8-6-9-14(18(13)21-11)17-12-7-4-5-10-15(12)22-19(17)24/h4-5,7,10,21H,6,8-9H2,1-3H3,(H,22,24)/b17-14-. The van der Waals surface area contributed by atoms with Crippen molar-refractivity contribution in [2.45, 2.75) is 26.2 Å². The molecule has 2 N–H and O–H groups in total. The monoisotopic (exact) mass is 335 g/mol. The molecule has 25 heavy (non-hydrogen) atoms. The number of carbonyl (C=O) groups is 2. The second kappa shape index (κ2) is 5.62. The number of H-pyrrole nitrogens is 1. The lowest BCUT2D eigenvalue weighted by molar-refractivity contribution is -0.110. The number of aromatic nitrogens is 1. The van der Waals surface area contributed by atoms with E-state index in [2.05, 4.69) is 10.3 Å². The van der Waals surface area contributed by atoms with E-state index in [9.17, 15) is 9.59 Å². The van der Waals surface area contributed by atoms with Crippen molar-refractivity contribution in [2.24, 2.45) is 0 Å². The number of fused-ring (bicyclic) bond motifs is 2. The Morgan fingerprint density at radius 2 is 1.92 bits per heavy atom.